The summed E-state index contributed by atoms with van der Waals surface area (Å²) in [4.78, 5) is 26.8. The van der Waals surface area contributed by atoms with Crippen LogP contribution in [0.25, 0.3) is 0 Å². The number of rotatable bonds is 4. The maximum absolute atomic E-state index is 12.7. The van der Waals surface area contributed by atoms with Crippen molar-refractivity contribution in [3.63, 3.8) is 0 Å². The Kier molecular flexibility index (Phi) is 4.34. The number of carbonyl (C=O) groups is 2. The molecule has 1 N–H and O–H groups in total. The number of nitrogens with zero attached hydrogens (tertiary/aromatic N) is 3. The van der Waals surface area contributed by atoms with E-state index in [1.165, 1.54) is 0 Å². The zero-order valence-corrected chi connectivity index (χ0v) is 13.3. The molecule has 2 atom stereocenters. The van der Waals surface area contributed by atoms with E-state index in [1.54, 1.807) is 9.58 Å². The lowest BCUT2D eigenvalue weighted by Crippen LogP contribution is -2.65. The third-order valence-corrected chi connectivity index (χ3v) is 3.85. The van der Waals surface area contributed by atoms with Crippen molar-refractivity contribution in [2.75, 3.05) is 0 Å². The molecule has 0 aliphatic carbocycles. The number of amides is 2. The molecule has 2 unspecified atom stereocenters. The molecule has 0 radical (unpaired) electrons. The molecule has 1 saturated heterocycles. The van der Waals surface area contributed by atoms with Crippen LogP contribution in [0, 0.1) is 11.8 Å². The van der Waals surface area contributed by atoms with E-state index in [2.05, 4.69) is 10.4 Å². The predicted octanol–water partition coefficient (Wildman–Crippen LogP) is 0.928. The van der Waals surface area contributed by atoms with Crippen molar-refractivity contribution < 1.29 is 9.59 Å². The maximum atomic E-state index is 12.7. The van der Waals surface area contributed by atoms with Gasteiger partial charge < -0.3 is 10.2 Å². The van der Waals surface area contributed by atoms with Gasteiger partial charge in [-0.25, -0.2) is 0 Å². The van der Waals surface area contributed by atoms with Crippen LogP contribution in [0.2, 0.25) is 0 Å². The molecule has 1 aliphatic rings. The van der Waals surface area contributed by atoms with Crippen LogP contribution in [-0.4, -0.2) is 38.6 Å². The van der Waals surface area contributed by atoms with Gasteiger partial charge in [0.25, 0.3) is 0 Å². The summed E-state index contributed by atoms with van der Waals surface area (Å²) in [6.45, 7) is 8.17. The lowest BCUT2D eigenvalue weighted by atomic mass is 9.92. The Morgan fingerprint density at radius 3 is 2.38 bits per heavy atom. The van der Waals surface area contributed by atoms with Crippen molar-refractivity contribution in [3.8, 4) is 0 Å². The number of aryl methyl sites for hydroxylation is 1. The molecule has 1 aliphatic heterocycles. The van der Waals surface area contributed by atoms with E-state index in [-0.39, 0.29) is 23.7 Å². The van der Waals surface area contributed by atoms with E-state index in [4.69, 9.17) is 0 Å². The first kappa shape index (κ1) is 15.5. The third kappa shape index (κ3) is 3.09. The Hall–Kier alpha value is -1.85. The predicted molar refractivity (Wildman–Crippen MR) is 79.2 cm³/mol. The van der Waals surface area contributed by atoms with Crippen molar-refractivity contribution in [1.29, 1.82) is 0 Å². The second-order valence-corrected chi connectivity index (χ2v) is 6.37. The summed E-state index contributed by atoms with van der Waals surface area (Å²) in [6.07, 6.45) is 1.84. The average Bonchev–Trinajstić information content (AvgIpc) is 2.78. The Bertz CT molecular complexity index is 536. The van der Waals surface area contributed by atoms with E-state index in [1.807, 2.05) is 47.0 Å². The quantitative estimate of drug-likeness (QED) is 0.897. The molecule has 6 heteroatoms. The van der Waals surface area contributed by atoms with Gasteiger partial charge in [0, 0.05) is 13.2 Å². The second kappa shape index (κ2) is 5.87. The maximum Gasteiger partial charge on any atom is 0.246 e. The van der Waals surface area contributed by atoms with Crippen LogP contribution in [0.5, 0.6) is 0 Å². The fourth-order valence-corrected chi connectivity index (χ4v) is 2.77. The molecule has 1 aromatic rings. The van der Waals surface area contributed by atoms with Gasteiger partial charge in [0.1, 0.15) is 12.1 Å². The highest BCUT2D eigenvalue weighted by Crippen LogP contribution is 2.22. The van der Waals surface area contributed by atoms with Crippen molar-refractivity contribution in [2.45, 2.75) is 46.3 Å². The summed E-state index contributed by atoms with van der Waals surface area (Å²) >= 11 is 0. The number of nitrogens with one attached hydrogen (secondary N) is 1. The molecular formula is C15H24N4O2. The van der Waals surface area contributed by atoms with Gasteiger partial charge in [0.2, 0.25) is 11.8 Å². The molecule has 2 heterocycles. The van der Waals surface area contributed by atoms with Crippen LogP contribution in [0.1, 0.15) is 33.4 Å². The Labute approximate surface area is 125 Å². The molecule has 21 heavy (non-hydrogen) atoms. The normalized spacial score (nSPS) is 23.1. The number of aromatic nitrogens is 2. The molecule has 1 aromatic heterocycles. The van der Waals surface area contributed by atoms with Crippen molar-refractivity contribution in [2.24, 2.45) is 18.9 Å². The monoisotopic (exact) mass is 292 g/mol. The van der Waals surface area contributed by atoms with Gasteiger partial charge in [0.15, 0.2) is 0 Å². The van der Waals surface area contributed by atoms with Gasteiger partial charge in [-0.1, -0.05) is 27.7 Å². The van der Waals surface area contributed by atoms with Crippen LogP contribution in [-0.2, 0) is 23.2 Å². The minimum atomic E-state index is -0.448. The van der Waals surface area contributed by atoms with Crippen molar-refractivity contribution in [3.05, 3.63) is 18.0 Å². The molecular weight excluding hydrogens is 268 g/mol. The minimum absolute atomic E-state index is 0.0195. The number of carbonyl (C=O) groups excluding carboxylic acids is 2. The fraction of sp³-hybridized carbons (Fsp3) is 0.667. The highest BCUT2D eigenvalue weighted by molar-refractivity contribution is 5.97. The molecule has 2 amide bonds. The summed E-state index contributed by atoms with van der Waals surface area (Å²) in [5, 5.41) is 7.18. The highest BCUT2D eigenvalue weighted by Gasteiger charge is 2.43. The molecule has 116 valence electrons. The van der Waals surface area contributed by atoms with Crippen LogP contribution in [0.4, 0.5) is 0 Å². The van der Waals surface area contributed by atoms with Crippen molar-refractivity contribution in [1.82, 2.24) is 20.0 Å². The lowest BCUT2D eigenvalue weighted by molar-refractivity contribution is -0.153. The summed E-state index contributed by atoms with van der Waals surface area (Å²) in [7, 11) is 1.84. The molecule has 0 aromatic carbocycles. The minimum Gasteiger partial charge on any atom is -0.342 e. The van der Waals surface area contributed by atoms with Gasteiger partial charge >= 0.3 is 0 Å². The molecule has 2 rings (SSSR count). The van der Waals surface area contributed by atoms with Gasteiger partial charge in [-0.05, 0) is 17.9 Å². The molecule has 0 spiro atoms. The largest absolute Gasteiger partial charge is 0.342 e. The number of hydrogen-bond acceptors (Lipinski definition) is 3. The highest BCUT2D eigenvalue weighted by atomic mass is 16.2. The summed E-state index contributed by atoms with van der Waals surface area (Å²) in [5.41, 5.74) is 0.800. The molecule has 6 nitrogen and oxygen atoms in total. The van der Waals surface area contributed by atoms with E-state index in [0.29, 0.717) is 6.54 Å². The zero-order chi connectivity index (χ0) is 15.7. The summed E-state index contributed by atoms with van der Waals surface area (Å²) in [5.74, 6) is 0.0414. The first-order valence-electron chi connectivity index (χ1n) is 7.40. The fourth-order valence-electron chi connectivity index (χ4n) is 2.77. The lowest BCUT2D eigenvalue weighted by Gasteiger charge is -2.41. The van der Waals surface area contributed by atoms with Gasteiger partial charge in [-0.15, -0.1) is 0 Å². The smallest absolute Gasteiger partial charge is 0.246 e. The molecule has 1 fully saturated rings. The summed E-state index contributed by atoms with van der Waals surface area (Å²) < 4.78 is 1.70. The van der Waals surface area contributed by atoms with E-state index >= 15 is 0 Å². The van der Waals surface area contributed by atoms with E-state index in [0.717, 1.165) is 5.69 Å². The molecule has 0 bridgehead atoms. The topological polar surface area (TPSA) is 67.2 Å². The van der Waals surface area contributed by atoms with Crippen LogP contribution in [0.3, 0.4) is 0 Å². The standard InChI is InChI=1S/C15H24N4O2/c1-9(2)12-15(21)19(8-11-6-7-18(5)17-11)13(10(3)4)14(20)16-12/h6-7,9-10,12-13H,8H2,1-5H3,(H,16,20). The van der Waals surface area contributed by atoms with Crippen LogP contribution >= 0.6 is 0 Å². The van der Waals surface area contributed by atoms with Gasteiger partial charge in [-0.2, -0.15) is 5.10 Å². The van der Waals surface area contributed by atoms with Crippen LogP contribution < -0.4 is 5.32 Å². The third-order valence-electron chi connectivity index (χ3n) is 3.85. The first-order valence-corrected chi connectivity index (χ1v) is 7.40. The average molecular weight is 292 g/mol. The Morgan fingerprint density at radius 2 is 1.90 bits per heavy atom. The first-order chi connectivity index (χ1) is 9.81. The van der Waals surface area contributed by atoms with E-state index in [9.17, 15) is 9.59 Å². The molecule has 0 saturated carbocycles. The zero-order valence-electron chi connectivity index (χ0n) is 13.3. The Balaban J connectivity index is 2.29. The Morgan fingerprint density at radius 1 is 1.24 bits per heavy atom. The SMILES string of the molecule is CC(C)C1NC(=O)C(C(C)C)N(Cc2ccn(C)n2)C1=O. The summed E-state index contributed by atoms with van der Waals surface area (Å²) in [6, 6.07) is 0.993. The van der Waals surface area contributed by atoms with Gasteiger partial charge in [-0.3, -0.25) is 14.3 Å². The van der Waals surface area contributed by atoms with Gasteiger partial charge in [0.05, 0.1) is 12.2 Å². The van der Waals surface area contributed by atoms with E-state index < -0.39 is 12.1 Å². The van der Waals surface area contributed by atoms with Crippen molar-refractivity contribution >= 4 is 11.8 Å². The number of hydrogen-bond donors (Lipinski definition) is 1. The number of piperazine rings is 1. The second-order valence-electron chi connectivity index (χ2n) is 6.37. The van der Waals surface area contributed by atoms with Crippen LogP contribution in [0.15, 0.2) is 12.3 Å².